The molecule has 0 bridgehead atoms. The van der Waals surface area contributed by atoms with Crippen LogP contribution in [0.25, 0.3) is 6.08 Å². The summed E-state index contributed by atoms with van der Waals surface area (Å²) in [5.41, 5.74) is 7.41. The molecule has 1 unspecified atom stereocenters. The third kappa shape index (κ3) is 3.60. The number of benzene rings is 1. The second-order valence-corrected chi connectivity index (χ2v) is 5.09. The van der Waals surface area contributed by atoms with Crippen LogP contribution in [0.2, 0.25) is 0 Å². The number of nitrogens with zero attached hydrogens (tertiary/aromatic N) is 1. The molecule has 3 nitrogen and oxygen atoms in total. The smallest absolute Gasteiger partial charge is 0.246 e. The summed E-state index contributed by atoms with van der Waals surface area (Å²) in [5.74, 6) is 0.119. The van der Waals surface area contributed by atoms with Crippen molar-refractivity contribution in [3.63, 3.8) is 0 Å². The van der Waals surface area contributed by atoms with E-state index < -0.39 is 0 Å². The number of nitrogen functional groups attached to an aromatic ring is 1. The van der Waals surface area contributed by atoms with Crippen molar-refractivity contribution >= 4 is 17.7 Å². The zero-order chi connectivity index (χ0) is 13.7. The van der Waals surface area contributed by atoms with Gasteiger partial charge in [0, 0.05) is 24.4 Å². The minimum absolute atomic E-state index is 0.119. The Morgan fingerprint density at radius 2 is 2.32 bits per heavy atom. The Morgan fingerprint density at radius 1 is 1.47 bits per heavy atom. The minimum Gasteiger partial charge on any atom is -0.399 e. The Bertz CT molecular complexity index is 468. The molecule has 3 heteroatoms. The van der Waals surface area contributed by atoms with E-state index in [1.165, 1.54) is 6.42 Å². The number of anilines is 1. The second-order valence-electron chi connectivity index (χ2n) is 5.09. The predicted octanol–water partition coefficient (Wildman–Crippen LogP) is 3.07. The highest BCUT2D eigenvalue weighted by molar-refractivity contribution is 5.92. The lowest BCUT2D eigenvalue weighted by Crippen LogP contribution is -2.42. The van der Waals surface area contributed by atoms with Crippen molar-refractivity contribution in [1.29, 1.82) is 0 Å². The Morgan fingerprint density at radius 3 is 3.05 bits per heavy atom. The fourth-order valence-electron chi connectivity index (χ4n) is 2.64. The molecule has 0 radical (unpaired) electrons. The number of amides is 1. The Balaban J connectivity index is 2.03. The number of rotatable bonds is 3. The molecule has 19 heavy (non-hydrogen) atoms. The van der Waals surface area contributed by atoms with Crippen molar-refractivity contribution in [3.05, 3.63) is 35.9 Å². The topological polar surface area (TPSA) is 46.3 Å². The van der Waals surface area contributed by atoms with E-state index in [2.05, 4.69) is 6.92 Å². The van der Waals surface area contributed by atoms with Gasteiger partial charge in [0.1, 0.15) is 0 Å². The first-order chi connectivity index (χ1) is 9.20. The molecule has 1 aliphatic heterocycles. The van der Waals surface area contributed by atoms with Crippen molar-refractivity contribution in [2.75, 3.05) is 12.3 Å². The van der Waals surface area contributed by atoms with E-state index >= 15 is 0 Å². The van der Waals surface area contributed by atoms with Crippen molar-refractivity contribution in [1.82, 2.24) is 4.90 Å². The van der Waals surface area contributed by atoms with Gasteiger partial charge in [0.05, 0.1) is 0 Å². The third-order valence-electron chi connectivity index (χ3n) is 3.71. The molecule has 1 amide bonds. The van der Waals surface area contributed by atoms with Gasteiger partial charge in [0.25, 0.3) is 0 Å². The summed E-state index contributed by atoms with van der Waals surface area (Å²) in [4.78, 5) is 14.2. The van der Waals surface area contributed by atoms with Gasteiger partial charge < -0.3 is 10.6 Å². The van der Waals surface area contributed by atoms with Crippen LogP contribution in [0.1, 0.15) is 38.2 Å². The molecule has 1 heterocycles. The first-order valence-corrected chi connectivity index (χ1v) is 7.05. The molecule has 1 atom stereocenters. The third-order valence-corrected chi connectivity index (χ3v) is 3.71. The van der Waals surface area contributed by atoms with Crippen LogP contribution in [0.4, 0.5) is 5.69 Å². The van der Waals surface area contributed by atoms with Crippen LogP contribution in [0.5, 0.6) is 0 Å². The highest BCUT2D eigenvalue weighted by atomic mass is 16.2. The van der Waals surface area contributed by atoms with E-state index in [0.717, 1.165) is 37.1 Å². The Labute approximate surface area is 115 Å². The number of piperidine rings is 1. The molecule has 1 aromatic rings. The molecule has 1 aromatic carbocycles. The number of carbonyl (C=O) groups excluding carboxylic acids is 1. The van der Waals surface area contributed by atoms with E-state index in [4.69, 9.17) is 5.73 Å². The molecule has 2 N–H and O–H groups in total. The maximum Gasteiger partial charge on any atom is 0.246 e. The maximum atomic E-state index is 12.2. The SMILES string of the molecule is CCC1CCCCN1C(=O)/C=C/c1cccc(N)c1. The average molecular weight is 258 g/mol. The van der Waals surface area contributed by atoms with Gasteiger partial charge >= 0.3 is 0 Å². The molecular formula is C16H22N2O. The monoisotopic (exact) mass is 258 g/mol. The molecular weight excluding hydrogens is 236 g/mol. The van der Waals surface area contributed by atoms with Crippen LogP contribution in [-0.4, -0.2) is 23.4 Å². The van der Waals surface area contributed by atoms with E-state index in [0.29, 0.717) is 6.04 Å². The van der Waals surface area contributed by atoms with Crippen molar-refractivity contribution in [3.8, 4) is 0 Å². The van der Waals surface area contributed by atoms with Crippen LogP contribution < -0.4 is 5.73 Å². The summed E-state index contributed by atoms with van der Waals surface area (Å²) in [6, 6.07) is 7.98. The number of hydrogen-bond acceptors (Lipinski definition) is 2. The zero-order valence-corrected chi connectivity index (χ0v) is 11.5. The van der Waals surface area contributed by atoms with Crippen LogP contribution in [-0.2, 0) is 4.79 Å². The molecule has 0 aromatic heterocycles. The largest absolute Gasteiger partial charge is 0.399 e. The lowest BCUT2D eigenvalue weighted by Gasteiger charge is -2.34. The standard InChI is InChI=1S/C16H22N2O/c1-2-15-8-3-4-11-18(15)16(19)10-9-13-6-5-7-14(17)12-13/h5-7,9-10,12,15H,2-4,8,11,17H2,1H3/b10-9+. The quantitative estimate of drug-likeness (QED) is 0.669. The van der Waals surface area contributed by atoms with Gasteiger partial charge in [-0.05, 0) is 49.5 Å². The molecule has 0 saturated carbocycles. The fraction of sp³-hybridized carbons (Fsp3) is 0.438. The van der Waals surface area contributed by atoms with E-state index in [1.807, 2.05) is 35.2 Å². The van der Waals surface area contributed by atoms with E-state index in [1.54, 1.807) is 6.08 Å². The van der Waals surface area contributed by atoms with Crippen LogP contribution in [0.3, 0.4) is 0 Å². The summed E-state index contributed by atoms with van der Waals surface area (Å²) in [5, 5.41) is 0. The lowest BCUT2D eigenvalue weighted by molar-refractivity contribution is -0.129. The molecule has 102 valence electrons. The second kappa shape index (κ2) is 6.41. The van der Waals surface area contributed by atoms with Gasteiger partial charge in [-0.2, -0.15) is 0 Å². The zero-order valence-electron chi connectivity index (χ0n) is 11.5. The van der Waals surface area contributed by atoms with E-state index in [9.17, 15) is 4.79 Å². The Hall–Kier alpha value is -1.77. The van der Waals surface area contributed by atoms with Crippen molar-refractivity contribution in [2.45, 2.75) is 38.6 Å². The summed E-state index contributed by atoms with van der Waals surface area (Å²) in [6.07, 6.45) is 8.05. The van der Waals surface area contributed by atoms with Gasteiger partial charge in [0.2, 0.25) is 5.91 Å². The van der Waals surface area contributed by atoms with Gasteiger partial charge in [-0.1, -0.05) is 19.1 Å². The summed E-state index contributed by atoms with van der Waals surface area (Å²) >= 11 is 0. The first-order valence-electron chi connectivity index (χ1n) is 7.05. The molecule has 0 aliphatic carbocycles. The summed E-state index contributed by atoms with van der Waals surface area (Å²) < 4.78 is 0. The van der Waals surface area contributed by atoms with Gasteiger partial charge in [-0.15, -0.1) is 0 Å². The summed E-state index contributed by atoms with van der Waals surface area (Å²) in [7, 11) is 0. The molecule has 1 fully saturated rings. The number of nitrogens with two attached hydrogens (primary N) is 1. The maximum absolute atomic E-state index is 12.2. The van der Waals surface area contributed by atoms with Crippen LogP contribution in [0.15, 0.2) is 30.3 Å². The lowest BCUT2D eigenvalue weighted by atomic mass is 10.00. The van der Waals surface area contributed by atoms with Gasteiger partial charge in [0.15, 0.2) is 0 Å². The minimum atomic E-state index is 0.119. The van der Waals surface area contributed by atoms with Crippen molar-refractivity contribution < 1.29 is 4.79 Å². The molecule has 0 spiro atoms. The fourth-order valence-corrected chi connectivity index (χ4v) is 2.64. The highest BCUT2D eigenvalue weighted by Gasteiger charge is 2.23. The van der Waals surface area contributed by atoms with Gasteiger partial charge in [-0.25, -0.2) is 0 Å². The molecule has 2 rings (SSSR count). The average Bonchev–Trinajstić information content (AvgIpc) is 2.45. The van der Waals surface area contributed by atoms with Crippen LogP contribution in [0, 0.1) is 0 Å². The first kappa shape index (κ1) is 13.7. The number of carbonyl (C=O) groups is 1. The highest BCUT2D eigenvalue weighted by Crippen LogP contribution is 2.20. The number of likely N-dealkylation sites (tertiary alicyclic amines) is 1. The van der Waals surface area contributed by atoms with E-state index in [-0.39, 0.29) is 5.91 Å². The molecule has 1 saturated heterocycles. The Kier molecular flexibility index (Phi) is 4.61. The van der Waals surface area contributed by atoms with Crippen molar-refractivity contribution in [2.24, 2.45) is 0 Å². The summed E-state index contributed by atoms with van der Waals surface area (Å²) in [6.45, 7) is 3.04. The predicted molar refractivity (Wildman–Crippen MR) is 79.5 cm³/mol. The molecule has 1 aliphatic rings. The number of hydrogen-bond donors (Lipinski definition) is 1. The van der Waals surface area contributed by atoms with Gasteiger partial charge in [-0.3, -0.25) is 4.79 Å². The van der Waals surface area contributed by atoms with Crippen LogP contribution >= 0.6 is 0 Å². The normalized spacial score (nSPS) is 19.8.